The van der Waals surface area contributed by atoms with Crippen LogP contribution in [0.25, 0.3) is 0 Å². The van der Waals surface area contributed by atoms with E-state index in [9.17, 15) is 10.1 Å². The molecule has 1 atom stereocenters. The van der Waals surface area contributed by atoms with Gasteiger partial charge in [0.25, 0.3) is 5.69 Å². The molecular weight excluding hydrogens is 248 g/mol. The normalized spacial score (nSPS) is 19.2. The molecule has 19 heavy (non-hydrogen) atoms. The maximum absolute atomic E-state index is 11.0. The Bertz CT molecular complexity index is 486. The fourth-order valence-corrected chi connectivity index (χ4v) is 2.27. The molecule has 1 aliphatic rings. The third-order valence-corrected chi connectivity index (χ3v) is 3.32. The van der Waals surface area contributed by atoms with E-state index in [4.69, 9.17) is 16.3 Å². The van der Waals surface area contributed by atoms with Gasteiger partial charge < -0.3 is 10.5 Å². The van der Waals surface area contributed by atoms with E-state index in [1.165, 1.54) is 5.01 Å². The van der Waals surface area contributed by atoms with E-state index in [0.29, 0.717) is 17.9 Å². The topological polar surface area (TPSA) is 108 Å². The minimum absolute atomic E-state index is 0.0849. The SMILES string of the molecule is Cc1ccc(N(N)C2CCCCO2)c(N)c1[N+](=O)[O-]. The molecule has 1 saturated heterocycles. The highest BCUT2D eigenvalue weighted by atomic mass is 16.6. The van der Waals surface area contributed by atoms with Gasteiger partial charge >= 0.3 is 0 Å². The number of rotatable bonds is 3. The Hall–Kier alpha value is -1.86. The average molecular weight is 266 g/mol. The molecule has 0 aliphatic carbocycles. The van der Waals surface area contributed by atoms with Crippen molar-refractivity contribution in [2.75, 3.05) is 17.3 Å². The summed E-state index contributed by atoms with van der Waals surface area (Å²) in [7, 11) is 0. The zero-order chi connectivity index (χ0) is 14.0. The molecule has 0 saturated carbocycles. The number of hydrazine groups is 1. The van der Waals surface area contributed by atoms with Gasteiger partial charge in [-0.2, -0.15) is 0 Å². The van der Waals surface area contributed by atoms with Crippen molar-refractivity contribution in [2.45, 2.75) is 32.4 Å². The summed E-state index contributed by atoms with van der Waals surface area (Å²) in [5, 5.41) is 12.4. The summed E-state index contributed by atoms with van der Waals surface area (Å²) in [6.07, 6.45) is 2.54. The van der Waals surface area contributed by atoms with Crippen LogP contribution >= 0.6 is 0 Å². The number of nitrogens with two attached hydrogens (primary N) is 2. The maximum atomic E-state index is 11.0. The standard InChI is InChI=1S/C12H18N4O3/c1-8-5-6-9(11(13)12(8)16(17)18)15(14)10-4-2-3-7-19-10/h5-6,10H,2-4,7,13-14H2,1H3. The zero-order valence-corrected chi connectivity index (χ0v) is 10.8. The number of nitrogens with zero attached hydrogens (tertiary/aromatic N) is 2. The van der Waals surface area contributed by atoms with Crippen LogP contribution in [-0.2, 0) is 4.74 Å². The van der Waals surface area contributed by atoms with Crippen molar-refractivity contribution >= 4 is 17.1 Å². The molecule has 1 aromatic carbocycles. The molecule has 0 amide bonds. The number of nitro groups is 1. The van der Waals surface area contributed by atoms with Crippen molar-refractivity contribution in [3.05, 3.63) is 27.8 Å². The van der Waals surface area contributed by atoms with Crippen LogP contribution in [0.5, 0.6) is 0 Å². The first-order valence-electron chi connectivity index (χ1n) is 6.21. The third kappa shape index (κ3) is 2.61. The van der Waals surface area contributed by atoms with Crippen molar-refractivity contribution in [1.82, 2.24) is 0 Å². The summed E-state index contributed by atoms with van der Waals surface area (Å²) in [6.45, 7) is 2.29. The first kappa shape index (κ1) is 13.6. The number of nitro benzene ring substituents is 1. The monoisotopic (exact) mass is 266 g/mol. The molecule has 0 spiro atoms. The number of anilines is 2. The van der Waals surface area contributed by atoms with Crippen LogP contribution in [0.15, 0.2) is 12.1 Å². The highest BCUT2D eigenvalue weighted by molar-refractivity contribution is 5.78. The molecule has 1 unspecified atom stereocenters. The molecule has 1 heterocycles. The lowest BCUT2D eigenvalue weighted by molar-refractivity contribution is -0.384. The Balaban J connectivity index is 2.34. The van der Waals surface area contributed by atoms with Gasteiger partial charge in [0.2, 0.25) is 0 Å². The van der Waals surface area contributed by atoms with Crippen molar-refractivity contribution in [2.24, 2.45) is 5.84 Å². The number of aryl methyl sites for hydroxylation is 1. The van der Waals surface area contributed by atoms with Crippen molar-refractivity contribution in [1.29, 1.82) is 0 Å². The second kappa shape index (κ2) is 5.41. The highest BCUT2D eigenvalue weighted by Crippen LogP contribution is 2.35. The Morgan fingerprint density at radius 3 is 2.79 bits per heavy atom. The Labute approximate surface area is 111 Å². The van der Waals surface area contributed by atoms with Gasteiger partial charge in [0.05, 0.1) is 10.6 Å². The number of hydrogen-bond donors (Lipinski definition) is 2. The van der Waals surface area contributed by atoms with E-state index < -0.39 is 4.92 Å². The van der Waals surface area contributed by atoms with Crippen LogP contribution in [0.3, 0.4) is 0 Å². The molecule has 1 fully saturated rings. The molecular formula is C12H18N4O3. The largest absolute Gasteiger partial charge is 0.391 e. The second-order valence-corrected chi connectivity index (χ2v) is 4.65. The first-order chi connectivity index (χ1) is 9.02. The van der Waals surface area contributed by atoms with Gasteiger partial charge in [0.1, 0.15) is 11.9 Å². The number of ether oxygens (including phenoxy) is 1. The van der Waals surface area contributed by atoms with Crippen LogP contribution in [0.4, 0.5) is 17.1 Å². The van der Waals surface area contributed by atoms with E-state index in [-0.39, 0.29) is 17.6 Å². The zero-order valence-electron chi connectivity index (χ0n) is 10.8. The number of nitrogen functional groups attached to an aromatic ring is 1. The molecule has 7 nitrogen and oxygen atoms in total. The number of benzene rings is 1. The second-order valence-electron chi connectivity index (χ2n) is 4.65. The van der Waals surface area contributed by atoms with Gasteiger partial charge in [-0.1, -0.05) is 6.07 Å². The lowest BCUT2D eigenvalue weighted by atomic mass is 10.1. The summed E-state index contributed by atoms with van der Waals surface area (Å²) in [6, 6.07) is 3.34. The summed E-state index contributed by atoms with van der Waals surface area (Å²) in [5.41, 5.74) is 6.82. The van der Waals surface area contributed by atoms with Gasteiger partial charge in [-0.25, -0.2) is 5.84 Å². The van der Waals surface area contributed by atoms with Crippen LogP contribution in [0.1, 0.15) is 24.8 Å². The maximum Gasteiger partial charge on any atom is 0.297 e. The minimum Gasteiger partial charge on any atom is -0.391 e. The first-order valence-corrected chi connectivity index (χ1v) is 6.21. The van der Waals surface area contributed by atoms with E-state index in [1.807, 2.05) is 0 Å². The summed E-state index contributed by atoms with van der Waals surface area (Å²) in [5.74, 6) is 6.00. The molecule has 0 aromatic heterocycles. The smallest absolute Gasteiger partial charge is 0.297 e. The number of hydrogen-bond acceptors (Lipinski definition) is 6. The van der Waals surface area contributed by atoms with Crippen molar-refractivity contribution in [3.63, 3.8) is 0 Å². The molecule has 2 rings (SSSR count). The van der Waals surface area contributed by atoms with Gasteiger partial charge in [0, 0.05) is 12.2 Å². The molecule has 0 radical (unpaired) electrons. The lowest BCUT2D eigenvalue weighted by Crippen LogP contribution is -2.45. The van der Waals surface area contributed by atoms with Gasteiger partial charge in [-0.05, 0) is 32.3 Å². The summed E-state index contributed by atoms with van der Waals surface area (Å²) >= 11 is 0. The predicted octanol–water partition coefficient (Wildman–Crippen LogP) is 1.69. The Kier molecular flexibility index (Phi) is 3.87. The molecule has 4 N–H and O–H groups in total. The fourth-order valence-electron chi connectivity index (χ4n) is 2.27. The van der Waals surface area contributed by atoms with Crippen LogP contribution in [0, 0.1) is 17.0 Å². The molecule has 1 aliphatic heterocycles. The van der Waals surface area contributed by atoms with Gasteiger partial charge in [-0.3, -0.25) is 15.1 Å². The molecule has 1 aromatic rings. The van der Waals surface area contributed by atoms with Crippen molar-refractivity contribution in [3.8, 4) is 0 Å². The summed E-state index contributed by atoms with van der Waals surface area (Å²) < 4.78 is 5.56. The summed E-state index contributed by atoms with van der Waals surface area (Å²) in [4.78, 5) is 10.5. The van der Waals surface area contributed by atoms with E-state index in [2.05, 4.69) is 0 Å². The van der Waals surface area contributed by atoms with E-state index >= 15 is 0 Å². The van der Waals surface area contributed by atoms with Gasteiger partial charge in [-0.15, -0.1) is 0 Å². The predicted molar refractivity (Wildman–Crippen MR) is 72.5 cm³/mol. The molecule has 0 bridgehead atoms. The van der Waals surface area contributed by atoms with E-state index in [0.717, 1.165) is 19.3 Å². The van der Waals surface area contributed by atoms with Crippen molar-refractivity contribution < 1.29 is 9.66 Å². The van der Waals surface area contributed by atoms with Gasteiger partial charge in [0.15, 0.2) is 0 Å². The van der Waals surface area contributed by atoms with Crippen LogP contribution < -0.4 is 16.6 Å². The Morgan fingerprint density at radius 1 is 1.47 bits per heavy atom. The fraction of sp³-hybridized carbons (Fsp3) is 0.500. The third-order valence-electron chi connectivity index (χ3n) is 3.32. The Morgan fingerprint density at radius 2 is 2.21 bits per heavy atom. The quantitative estimate of drug-likeness (QED) is 0.373. The van der Waals surface area contributed by atoms with Crippen LogP contribution in [0.2, 0.25) is 0 Å². The van der Waals surface area contributed by atoms with E-state index in [1.54, 1.807) is 19.1 Å². The average Bonchev–Trinajstić information content (AvgIpc) is 2.39. The highest BCUT2D eigenvalue weighted by Gasteiger charge is 2.26. The molecule has 7 heteroatoms. The minimum atomic E-state index is -0.482. The molecule has 104 valence electrons. The lowest BCUT2D eigenvalue weighted by Gasteiger charge is -2.32. The van der Waals surface area contributed by atoms with Crippen LogP contribution in [-0.4, -0.2) is 17.8 Å².